The number of nitrogens with zero attached hydrogens (tertiary/aromatic N) is 4. The van der Waals surface area contributed by atoms with Gasteiger partial charge in [0, 0.05) is 5.02 Å². The number of nitrogens with one attached hydrogen (secondary N) is 1. The number of rotatable bonds is 6. The van der Waals surface area contributed by atoms with Crippen molar-refractivity contribution in [2.24, 2.45) is 0 Å². The molecule has 2 aromatic heterocycles. The Morgan fingerprint density at radius 1 is 1.41 bits per heavy atom. The summed E-state index contributed by atoms with van der Waals surface area (Å²) in [5, 5.41) is 12.0. The van der Waals surface area contributed by atoms with E-state index in [0.29, 0.717) is 16.5 Å². The Morgan fingerprint density at radius 3 is 2.85 bits per heavy atom. The van der Waals surface area contributed by atoms with Crippen molar-refractivity contribution in [1.29, 1.82) is 0 Å². The van der Waals surface area contributed by atoms with Crippen LogP contribution in [-0.2, 0) is 11.5 Å². The summed E-state index contributed by atoms with van der Waals surface area (Å²) in [7, 11) is 0. The Labute approximate surface area is 170 Å². The lowest BCUT2D eigenvalue weighted by Crippen LogP contribution is -2.25. The topological polar surface area (TPSA) is 74.0 Å². The summed E-state index contributed by atoms with van der Waals surface area (Å²) in [6.07, 6.45) is 3.27. The maximum absolute atomic E-state index is 12.5. The predicted molar refractivity (Wildman–Crippen MR) is 107 cm³/mol. The summed E-state index contributed by atoms with van der Waals surface area (Å²) in [6.45, 7) is 5.81. The molecule has 27 heavy (non-hydrogen) atoms. The van der Waals surface area contributed by atoms with Crippen molar-refractivity contribution in [2.75, 3.05) is 5.32 Å². The second-order valence-electron chi connectivity index (χ2n) is 6.09. The minimum Gasteiger partial charge on any atom is -0.471 e. The van der Waals surface area contributed by atoms with Crippen molar-refractivity contribution in [3.63, 3.8) is 0 Å². The number of ether oxygens (including phenoxy) is 1. The van der Waals surface area contributed by atoms with Gasteiger partial charge in [-0.15, -0.1) is 0 Å². The molecule has 0 saturated carbocycles. The van der Waals surface area contributed by atoms with Crippen LogP contribution in [0.4, 0.5) is 5.69 Å². The van der Waals surface area contributed by atoms with Gasteiger partial charge in [0.1, 0.15) is 11.8 Å². The van der Waals surface area contributed by atoms with Crippen LogP contribution < -0.4 is 10.1 Å². The lowest BCUT2D eigenvalue weighted by atomic mass is 10.3. The van der Waals surface area contributed by atoms with E-state index < -0.39 is 6.04 Å². The Balaban J connectivity index is 1.61. The van der Waals surface area contributed by atoms with E-state index in [1.54, 1.807) is 40.8 Å². The molecule has 7 nitrogen and oxygen atoms in total. The zero-order valence-electron chi connectivity index (χ0n) is 15.1. The maximum atomic E-state index is 12.5. The second-order valence-corrected chi connectivity index (χ2v) is 7.32. The fourth-order valence-corrected chi connectivity index (χ4v) is 3.02. The van der Waals surface area contributed by atoms with Crippen molar-refractivity contribution in [3.05, 3.63) is 57.5 Å². The molecule has 9 heteroatoms. The molecule has 0 spiro atoms. The summed E-state index contributed by atoms with van der Waals surface area (Å²) in [4.78, 5) is 12.5. The highest BCUT2D eigenvalue weighted by molar-refractivity contribution is 9.10. The molecule has 0 bridgehead atoms. The number of hydrogen-bond donors (Lipinski definition) is 1. The zero-order chi connectivity index (χ0) is 19.6. The zero-order valence-corrected chi connectivity index (χ0v) is 17.5. The molecule has 3 rings (SSSR count). The van der Waals surface area contributed by atoms with Crippen molar-refractivity contribution >= 4 is 39.1 Å². The summed E-state index contributed by atoms with van der Waals surface area (Å²) in [5.74, 6) is 0.468. The number of aryl methyl sites for hydroxylation is 1. The van der Waals surface area contributed by atoms with E-state index in [4.69, 9.17) is 16.3 Å². The van der Waals surface area contributed by atoms with E-state index in [-0.39, 0.29) is 12.6 Å². The van der Waals surface area contributed by atoms with E-state index in [1.807, 2.05) is 26.0 Å². The smallest absolute Gasteiger partial charge is 0.249 e. The standard InChI is InChI=1S/C18H19BrClN5O2/c1-11-17(19)12(2)25(23-11)13(3)18(26)22-15-8-21-24(9-15)10-27-16-6-4-5-14(20)7-16/h4-9,13H,10H2,1-3H3,(H,22,26). The van der Waals surface area contributed by atoms with Crippen LogP contribution in [0, 0.1) is 13.8 Å². The molecule has 1 N–H and O–H groups in total. The monoisotopic (exact) mass is 451 g/mol. The van der Waals surface area contributed by atoms with Crippen molar-refractivity contribution in [1.82, 2.24) is 19.6 Å². The first-order valence-electron chi connectivity index (χ1n) is 8.28. The van der Waals surface area contributed by atoms with Crippen LogP contribution in [0.3, 0.4) is 0 Å². The number of amides is 1. The Morgan fingerprint density at radius 2 is 2.19 bits per heavy atom. The lowest BCUT2D eigenvalue weighted by Gasteiger charge is -2.13. The van der Waals surface area contributed by atoms with Crippen LogP contribution in [0.2, 0.25) is 5.02 Å². The summed E-state index contributed by atoms with van der Waals surface area (Å²) >= 11 is 9.41. The minimum absolute atomic E-state index is 0.177. The van der Waals surface area contributed by atoms with Gasteiger partial charge in [-0.1, -0.05) is 17.7 Å². The third kappa shape index (κ3) is 4.51. The molecule has 1 amide bonds. The molecule has 0 fully saturated rings. The third-order valence-corrected chi connectivity index (χ3v) is 5.43. The molecule has 0 radical (unpaired) electrons. The highest BCUT2D eigenvalue weighted by Gasteiger charge is 2.20. The van der Waals surface area contributed by atoms with E-state index >= 15 is 0 Å². The molecule has 3 aromatic rings. The minimum atomic E-state index is -0.457. The first kappa shape index (κ1) is 19.4. The number of carbonyl (C=O) groups excluding carboxylic acids is 1. The van der Waals surface area contributed by atoms with Crippen LogP contribution in [0.5, 0.6) is 5.75 Å². The van der Waals surface area contributed by atoms with Crippen LogP contribution in [0.15, 0.2) is 41.1 Å². The van der Waals surface area contributed by atoms with Crippen LogP contribution >= 0.6 is 27.5 Å². The third-order valence-electron chi connectivity index (χ3n) is 4.04. The van der Waals surface area contributed by atoms with Gasteiger partial charge >= 0.3 is 0 Å². The molecular weight excluding hydrogens is 434 g/mol. The lowest BCUT2D eigenvalue weighted by molar-refractivity contribution is -0.119. The summed E-state index contributed by atoms with van der Waals surface area (Å²) in [5.41, 5.74) is 2.33. The molecule has 1 aromatic carbocycles. The fourth-order valence-electron chi connectivity index (χ4n) is 2.57. The van der Waals surface area contributed by atoms with E-state index in [2.05, 4.69) is 31.4 Å². The molecule has 1 atom stereocenters. The fraction of sp³-hybridized carbons (Fsp3) is 0.278. The number of halogens is 2. The first-order chi connectivity index (χ1) is 12.8. The first-order valence-corrected chi connectivity index (χ1v) is 9.45. The number of aromatic nitrogens is 4. The van der Waals surface area contributed by atoms with Gasteiger partial charge in [-0.25, -0.2) is 4.68 Å². The van der Waals surface area contributed by atoms with Crippen LogP contribution in [-0.4, -0.2) is 25.5 Å². The highest BCUT2D eigenvalue weighted by Crippen LogP contribution is 2.23. The molecule has 0 aliphatic carbocycles. The molecule has 0 aliphatic heterocycles. The predicted octanol–water partition coefficient (Wildman–Crippen LogP) is 4.35. The van der Waals surface area contributed by atoms with Crippen LogP contribution in [0.1, 0.15) is 24.4 Å². The average molecular weight is 453 g/mol. The SMILES string of the molecule is Cc1nn(C(C)C(=O)Nc2cnn(COc3cccc(Cl)c3)c2)c(C)c1Br. The van der Waals surface area contributed by atoms with Gasteiger partial charge in [-0.3, -0.25) is 9.48 Å². The van der Waals surface area contributed by atoms with Crippen molar-refractivity contribution < 1.29 is 9.53 Å². The molecular formula is C18H19BrClN5O2. The largest absolute Gasteiger partial charge is 0.471 e. The van der Waals surface area contributed by atoms with Crippen molar-refractivity contribution in [3.8, 4) is 5.75 Å². The van der Waals surface area contributed by atoms with Crippen molar-refractivity contribution in [2.45, 2.75) is 33.5 Å². The van der Waals surface area contributed by atoms with E-state index in [0.717, 1.165) is 15.9 Å². The van der Waals surface area contributed by atoms with Gasteiger partial charge in [0.15, 0.2) is 6.73 Å². The average Bonchev–Trinajstić information content (AvgIpc) is 3.19. The Kier molecular flexibility index (Phi) is 5.86. The normalized spacial score (nSPS) is 12.0. The number of carbonyl (C=O) groups is 1. The number of hydrogen-bond acceptors (Lipinski definition) is 4. The second kappa shape index (κ2) is 8.14. The van der Waals surface area contributed by atoms with Gasteiger partial charge in [0.05, 0.1) is 33.9 Å². The van der Waals surface area contributed by atoms with E-state index in [1.165, 1.54) is 0 Å². The van der Waals surface area contributed by atoms with Gasteiger partial charge in [-0.2, -0.15) is 10.2 Å². The quantitative estimate of drug-likeness (QED) is 0.603. The summed E-state index contributed by atoms with van der Waals surface area (Å²) in [6, 6.07) is 6.67. The van der Waals surface area contributed by atoms with E-state index in [9.17, 15) is 4.79 Å². The highest BCUT2D eigenvalue weighted by atomic mass is 79.9. The Hall–Kier alpha value is -2.32. The van der Waals surface area contributed by atoms with Gasteiger partial charge in [-0.05, 0) is 54.9 Å². The van der Waals surface area contributed by atoms with Gasteiger partial charge < -0.3 is 10.1 Å². The maximum Gasteiger partial charge on any atom is 0.249 e. The van der Waals surface area contributed by atoms with Crippen LogP contribution in [0.25, 0.3) is 0 Å². The molecule has 2 heterocycles. The Bertz CT molecular complexity index is 969. The molecule has 1 unspecified atom stereocenters. The molecule has 142 valence electrons. The molecule has 0 aliphatic rings. The summed E-state index contributed by atoms with van der Waals surface area (Å²) < 4.78 is 9.81. The van der Waals surface area contributed by atoms with Gasteiger partial charge in [0.2, 0.25) is 5.91 Å². The van der Waals surface area contributed by atoms with Gasteiger partial charge in [0.25, 0.3) is 0 Å². The molecule has 0 saturated heterocycles. The number of benzene rings is 1. The number of anilines is 1.